The third-order valence-electron chi connectivity index (χ3n) is 5.07. The van der Waals surface area contributed by atoms with Gasteiger partial charge < -0.3 is 14.5 Å². The Hall–Kier alpha value is -2.85. The Morgan fingerprint density at radius 2 is 2.03 bits per heavy atom. The fourth-order valence-electron chi connectivity index (χ4n) is 3.35. The largest absolute Gasteiger partial charge is 0.417 e. The number of pyridine rings is 2. The molecule has 2 aliphatic heterocycles. The standard InChI is InChI=1S/C20H19ClF3N5O2/c21-16-9-15(29-7-8-31-12-29)11-26-18(16)13-3-5-28(6-4-13)19(30)27-17-2-1-14(10-25-17)20(22,23)24/h1-3,9-11H,4-8,12H2,(H,25,27,30). The Bertz CT molecular complexity index is 991. The number of hydrogen-bond donors (Lipinski definition) is 1. The van der Waals surface area contributed by atoms with Crippen LogP contribution in [0.3, 0.4) is 0 Å². The molecule has 0 saturated carbocycles. The van der Waals surface area contributed by atoms with Gasteiger partial charge in [-0.3, -0.25) is 10.3 Å². The molecule has 2 amide bonds. The molecule has 0 radical (unpaired) electrons. The van der Waals surface area contributed by atoms with E-state index in [-0.39, 0.29) is 5.82 Å². The van der Waals surface area contributed by atoms with Crippen molar-refractivity contribution in [3.05, 3.63) is 52.9 Å². The van der Waals surface area contributed by atoms with Gasteiger partial charge in [-0.2, -0.15) is 13.2 Å². The van der Waals surface area contributed by atoms with Crippen molar-refractivity contribution in [1.82, 2.24) is 14.9 Å². The molecule has 2 aromatic rings. The van der Waals surface area contributed by atoms with E-state index in [2.05, 4.69) is 15.3 Å². The number of ether oxygens (including phenoxy) is 1. The topological polar surface area (TPSA) is 70.6 Å². The molecule has 0 spiro atoms. The first kappa shape index (κ1) is 21.4. The van der Waals surface area contributed by atoms with Crippen LogP contribution in [0.4, 0.5) is 29.5 Å². The van der Waals surface area contributed by atoms with Gasteiger partial charge in [0, 0.05) is 25.8 Å². The van der Waals surface area contributed by atoms with Gasteiger partial charge in [0.15, 0.2) is 0 Å². The van der Waals surface area contributed by atoms with E-state index in [0.29, 0.717) is 49.8 Å². The minimum absolute atomic E-state index is 0.0546. The van der Waals surface area contributed by atoms with Crippen LogP contribution in [0.15, 0.2) is 36.7 Å². The normalized spacial score (nSPS) is 17.0. The molecule has 2 aromatic heterocycles. The SMILES string of the molecule is O=C(Nc1ccc(C(F)(F)F)cn1)N1CC=C(c2ncc(N3CCOC3)cc2Cl)CC1. The molecule has 0 aliphatic carbocycles. The van der Waals surface area contributed by atoms with Crippen molar-refractivity contribution < 1.29 is 22.7 Å². The van der Waals surface area contributed by atoms with Gasteiger partial charge >= 0.3 is 12.2 Å². The van der Waals surface area contributed by atoms with Crippen LogP contribution in [-0.2, 0) is 10.9 Å². The second-order valence-corrected chi connectivity index (χ2v) is 7.52. The van der Waals surface area contributed by atoms with Crippen LogP contribution >= 0.6 is 11.6 Å². The Balaban J connectivity index is 1.38. The number of urea groups is 1. The number of carbonyl (C=O) groups excluding carboxylic acids is 1. The van der Waals surface area contributed by atoms with Gasteiger partial charge in [0.25, 0.3) is 0 Å². The highest BCUT2D eigenvalue weighted by Crippen LogP contribution is 2.31. The molecule has 4 rings (SSSR count). The number of amides is 2. The third-order valence-corrected chi connectivity index (χ3v) is 5.36. The molecule has 0 atom stereocenters. The van der Waals surface area contributed by atoms with Crippen molar-refractivity contribution in [1.29, 1.82) is 0 Å². The van der Waals surface area contributed by atoms with Gasteiger partial charge in [-0.05, 0) is 30.2 Å². The molecule has 1 saturated heterocycles. The van der Waals surface area contributed by atoms with Crippen molar-refractivity contribution in [2.75, 3.05) is 43.2 Å². The molecule has 7 nitrogen and oxygen atoms in total. The zero-order chi connectivity index (χ0) is 22.0. The molecule has 1 N–H and O–H groups in total. The summed E-state index contributed by atoms with van der Waals surface area (Å²) in [6.07, 6.45) is 0.393. The Morgan fingerprint density at radius 1 is 1.19 bits per heavy atom. The van der Waals surface area contributed by atoms with Crippen LogP contribution < -0.4 is 10.2 Å². The van der Waals surface area contributed by atoms with Crippen LogP contribution in [0.2, 0.25) is 5.02 Å². The van der Waals surface area contributed by atoms with E-state index in [1.807, 2.05) is 17.0 Å². The second kappa shape index (κ2) is 8.72. The zero-order valence-corrected chi connectivity index (χ0v) is 17.1. The lowest BCUT2D eigenvalue weighted by molar-refractivity contribution is -0.137. The number of rotatable bonds is 3. The van der Waals surface area contributed by atoms with Crippen molar-refractivity contribution in [2.45, 2.75) is 12.6 Å². The number of anilines is 2. The quantitative estimate of drug-likeness (QED) is 0.751. The lowest BCUT2D eigenvalue weighted by atomic mass is 10.0. The number of halogens is 4. The lowest BCUT2D eigenvalue weighted by Crippen LogP contribution is -2.38. The number of carbonyl (C=O) groups is 1. The summed E-state index contributed by atoms with van der Waals surface area (Å²) in [6, 6.07) is 3.42. The fraction of sp³-hybridized carbons (Fsp3) is 0.350. The number of hydrogen-bond acceptors (Lipinski definition) is 5. The summed E-state index contributed by atoms with van der Waals surface area (Å²) in [5.74, 6) is 0.0546. The average Bonchev–Trinajstić information content (AvgIpc) is 3.28. The molecule has 0 bridgehead atoms. The summed E-state index contributed by atoms with van der Waals surface area (Å²) < 4.78 is 43.2. The molecule has 2 aliphatic rings. The van der Waals surface area contributed by atoms with E-state index in [1.165, 1.54) is 4.90 Å². The maximum absolute atomic E-state index is 12.6. The molecule has 31 heavy (non-hydrogen) atoms. The van der Waals surface area contributed by atoms with E-state index in [1.54, 1.807) is 6.20 Å². The maximum Gasteiger partial charge on any atom is 0.417 e. The molecular formula is C20H19ClF3N5O2. The van der Waals surface area contributed by atoms with Gasteiger partial charge in [-0.1, -0.05) is 17.7 Å². The van der Waals surface area contributed by atoms with Gasteiger partial charge in [0.2, 0.25) is 0 Å². The van der Waals surface area contributed by atoms with Crippen LogP contribution in [0.1, 0.15) is 17.7 Å². The van der Waals surface area contributed by atoms with Gasteiger partial charge in [0.05, 0.1) is 34.8 Å². The van der Waals surface area contributed by atoms with Crippen LogP contribution in [0.25, 0.3) is 5.57 Å². The molecule has 11 heteroatoms. The summed E-state index contributed by atoms with van der Waals surface area (Å²) in [7, 11) is 0. The molecule has 0 aromatic carbocycles. The summed E-state index contributed by atoms with van der Waals surface area (Å²) in [5.41, 5.74) is 1.64. The zero-order valence-electron chi connectivity index (χ0n) is 16.3. The summed E-state index contributed by atoms with van der Waals surface area (Å²) in [5, 5.41) is 3.05. The molecular weight excluding hydrogens is 435 g/mol. The predicted octanol–water partition coefficient (Wildman–Crippen LogP) is 4.26. The summed E-state index contributed by atoms with van der Waals surface area (Å²) in [4.78, 5) is 24.1. The van der Waals surface area contributed by atoms with Crippen molar-refractivity contribution >= 4 is 34.7 Å². The molecule has 0 unspecified atom stereocenters. The summed E-state index contributed by atoms with van der Waals surface area (Å²) >= 11 is 6.44. The Kier molecular flexibility index (Phi) is 6.01. The minimum atomic E-state index is -4.47. The van der Waals surface area contributed by atoms with Crippen LogP contribution in [0.5, 0.6) is 0 Å². The smallest absolute Gasteiger partial charge is 0.359 e. The maximum atomic E-state index is 12.6. The van der Waals surface area contributed by atoms with Gasteiger partial charge in [-0.15, -0.1) is 0 Å². The monoisotopic (exact) mass is 453 g/mol. The molecule has 1 fully saturated rings. The number of nitrogens with zero attached hydrogens (tertiary/aromatic N) is 4. The molecule has 164 valence electrons. The van der Waals surface area contributed by atoms with Crippen LogP contribution in [0, 0.1) is 0 Å². The predicted molar refractivity (Wildman–Crippen MR) is 110 cm³/mol. The molecule has 4 heterocycles. The average molecular weight is 454 g/mol. The van der Waals surface area contributed by atoms with Crippen LogP contribution in [-0.4, -0.2) is 53.9 Å². The van der Waals surface area contributed by atoms with Gasteiger partial charge in [0.1, 0.15) is 12.5 Å². The van der Waals surface area contributed by atoms with E-state index < -0.39 is 17.8 Å². The highest BCUT2D eigenvalue weighted by atomic mass is 35.5. The highest BCUT2D eigenvalue weighted by molar-refractivity contribution is 6.32. The van der Waals surface area contributed by atoms with Crippen molar-refractivity contribution in [2.24, 2.45) is 0 Å². The number of nitrogens with one attached hydrogen (secondary N) is 1. The highest BCUT2D eigenvalue weighted by Gasteiger charge is 2.30. The first-order valence-corrected chi connectivity index (χ1v) is 9.96. The lowest BCUT2D eigenvalue weighted by Gasteiger charge is -2.27. The number of aromatic nitrogens is 2. The van der Waals surface area contributed by atoms with Gasteiger partial charge in [-0.25, -0.2) is 9.78 Å². The fourth-order valence-corrected chi connectivity index (χ4v) is 3.63. The third kappa shape index (κ3) is 4.91. The van der Waals surface area contributed by atoms with E-state index in [0.717, 1.165) is 29.9 Å². The van der Waals surface area contributed by atoms with E-state index >= 15 is 0 Å². The second-order valence-electron chi connectivity index (χ2n) is 7.11. The Labute approximate surface area is 181 Å². The van der Waals surface area contributed by atoms with Crippen molar-refractivity contribution in [3.63, 3.8) is 0 Å². The first-order valence-electron chi connectivity index (χ1n) is 9.58. The van der Waals surface area contributed by atoms with Crippen molar-refractivity contribution in [3.8, 4) is 0 Å². The van der Waals surface area contributed by atoms with E-state index in [4.69, 9.17) is 16.3 Å². The summed E-state index contributed by atoms with van der Waals surface area (Å²) in [6.45, 7) is 2.71. The minimum Gasteiger partial charge on any atom is -0.359 e. The van der Waals surface area contributed by atoms with E-state index in [9.17, 15) is 18.0 Å². The Morgan fingerprint density at radius 3 is 2.61 bits per heavy atom. The number of alkyl halides is 3. The first-order chi connectivity index (χ1) is 14.8.